The van der Waals surface area contributed by atoms with Crippen LogP contribution < -0.4 is 5.32 Å². The molecule has 0 saturated heterocycles. The third-order valence-electron chi connectivity index (χ3n) is 3.08. The second-order valence-electron chi connectivity index (χ2n) is 5.01. The quantitative estimate of drug-likeness (QED) is 0.560. The molecule has 2 nitrogen and oxygen atoms in total. The van der Waals surface area contributed by atoms with Crippen molar-refractivity contribution in [1.82, 2.24) is 5.32 Å². The fourth-order valence-electron chi connectivity index (χ4n) is 1.96. The molecule has 3 heteroatoms. The summed E-state index contributed by atoms with van der Waals surface area (Å²) in [6.07, 6.45) is 7.73. The molecule has 110 valence electrons. The molecule has 0 saturated carbocycles. The molecule has 0 spiro atoms. The Labute approximate surface area is 122 Å². The summed E-state index contributed by atoms with van der Waals surface area (Å²) >= 11 is 1.87. The number of rotatable bonds is 12. The highest BCUT2D eigenvalue weighted by Gasteiger charge is 2.00. The first-order valence-corrected chi connectivity index (χ1v) is 8.54. The molecule has 0 amide bonds. The molecule has 1 heterocycles. The van der Waals surface area contributed by atoms with E-state index < -0.39 is 0 Å². The van der Waals surface area contributed by atoms with Gasteiger partial charge in [-0.05, 0) is 31.5 Å². The molecule has 0 aromatic carbocycles. The lowest BCUT2D eigenvalue weighted by molar-refractivity contribution is 0.119. The van der Waals surface area contributed by atoms with Gasteiger partial charge in [-0.1, -0.05) is 39.5 Å². The largest absolute Gasteiger partial charge is 0.376 e. The normalized spacial score (nSPS) is 11.1. The van der Waals surface area contributed by atoms with Gasteiger partial charge in [0.15, 0.2) is 0 Å². The molecule has 0 aliphatic carbocycles. The molecule has 0 aliphatic rings. The molecule has 0 radical (unpaired) electrons. The minimum Gasteiger partial charge on any atom is -0.376 e. The van der Waals surface area contributed by atoms with E-state index in [0.717, 1.165) is 26.3 Å². The van der Waals surface area contributed by atoms with Crippen molar-refractivity contribution in [3.8, 4) is 0 Å². The van der Waals surface area contributed by atoms with Gasteiger partial charge in [-0.25, -0.2) is 0 Å². The summed E-state index contributed by atoms with van der Waals surface area (Å²) in [6.45, 7) is 8.23. The fraction of sp³-hybridized carbons (Fsp3) is 0.750. The van der Waals surface area contributed by atoms with Crippen LogP contribution in [0.4, 0.5) is 0 Å². The number of hydrogen-bond donors (Lipinski definition) is 1. The Balaban J connectivity index is 2.03. The monoisotopic (exact) mass is 283 g/mol. The molecular weight excluding hydrogens is 254 g/mol. The third kappa shape index (κ3) is 8.40. The maximum Gasteiger partial charge on any atom is 0.0809 e. The van der Waals surface area contributed by atoms with Crippen molar-refractivity contribution in [3.63, 3.8) is 0 Å². The average Bonchev–Trinajstić information content (AvgIpc) is 2.86. The predicted molar refractivity (Wildman–Crippen MR) is 84.7 cm³/mol. The van der Waals surface area contributed by atoms with Gasteiger partial charge in [0, 0.05) is 22.9 Å². The topological polar surface area (TPSA) is 21.3 Å². The zero-order valence-corrected chi connectivity index (χ0v) is 13.4. The van der Waals surface area contributed by atoms with Gasteiger partial charge >= 0.3 is 0 Å². The predicted octanol–water partition coefficient (Wildman–Crippen LogP) is 4.73. The zero-order chi connectivity index (χ0) is 13.8. The Morgan fingerprint density at radius 3 is 2.58 bits per heavy atom. The van der Waals surface area contributed by atoms with Crippen LogP contribution in [-0.2, 0) is 17.9 Å². The van der Waals surface area contributed by atoms with Gasteiger partial charge in [0.2, 0.25) is 0 Å². The van der Waals surface area contributed by atoms with Crippen LogP contribution in [0.5, 0.6) is 0 Å². The van der Waals surface area contributed by atoms with Gasteiger partial charge < -0.3 is 10.1 Å². The maximum atomic E-state index is 5.73. The minimum absolute atomic E-state index is 0.784. The molecule has 1 N–H and O–H groups in total. The molecular formula is C16H29NOS. The van der Waals surface area contributed by atoms with Gasteiger partial charge in [-0.15, -0.1) is 11.3 Å². The number of thiophene rings is 1. The van der Waals surface area contributed by atoms with Crippen LogP contribution >= 0.6 is 11.3 Å². The van der Waals surface area contributed by atoms with Gasteiger partial charge in [0.25, 0.3) is 0 Å². The average molecular weight is 283 g/mol. The Morgan fingerprint density at radius 1 is 1.00 bits per heavy atom. The molecule has 0 bridgehead atoms. The molecule has 0 atom stereocenters. The Hall–Kier alpha value is -0.380. The highest BCUT2D eigenvalue weighted by molar-refractivity contribution is 7.11. The second kappa shape index (κ2) is 11.4. The summed E-state index contributed by atoms with van der Waals surface area (Å²) in [5.41, 5.74) is 0. The first-order chi connectivity index (χ1) is 9.36. The van der Waals surface area contributed by atoms with E-state index in [1.165, 1.54) is 48.3 Å². The van der Waals surface area contributed by atoms with Crippen LogP contribution in [-0.4, -0.2) is 13.2 Å². The fourth-order valence-corrected chi connectivity index (χ4v) is 2.89. The Morgan fingerprint density at radius 2 is 1.79 bits per heavy atom. The van der Waals surface area contributed by atoms with Crippen LogP contribution in [0.15, 0.2) is 12.1 Å². The van der Waals surface area contributed by atoms with Gasteiger partial charge in [0.1, 0.15) is 0 Å². The molecule has 1 aromatic rings. The standard InChI is InChI=1S/C16H29NOS/c1-3-5-6-7-8-12-18-14-16-10-9-15(19-16)13-17-11-4-2/h9-10,17H,3-8,11-14H2,1-2H3. The maximum absolute atomic E-state index is 5.73. The van der Waals surface area contributed by atoms with Gasteiger partial charge in [0.05, 0.1) is 6.61 Å². The number of hydrogen-bond acceptors (Lipinski definition) is 3. The molecule has 1 aromatic heterocycles. The minimum atomic E-state index is 0.784. The molecule has 1 rings (SSSR count). The molecule has 0 unspecified atom stereocenters. The lowest BCUT2D eigenvalue weighted by Gasteiger charge is -2.02. The number of ether oxygens (including phenoxy) is 1. The number of nitrogens with one attached hydrogen (secondary N) is 1. The van der Waals surface area contributed by atoms with E-state index in [1.54, 1.807) is 0 Å². The second-order valence-corrected chi connectivity index (χ2v) is 6.26. The van der Waals surface area contributed by atoms with E-state index in [9.17, 15) is 0 Å². The highest BCUT2D eigenvalue weighted by atomic mass is 32.1. The van der Waals surface area contributed by atoms with E-state index in [1.807, 2.05) is 11.3 Å². The lowest BCUT2D eigenvalue weighted by atomic mass is 10.2. The van der Waals surface area contributed by atoms with Gasteiger partial charge in [-0.2, -0.15) is 0 Å². The number of unbranched alkanes of at least 4 members (excludes halogenated alkanes) is 4. The smallest absolute Gasteiger partial charge is 0.0809 e. The first kappa shape index (κ1) is 16.7. The molecule has 0 aliphatic heterocycles. The van der Waals surface area contributed by atoms with E-state index in [4.69, 9.17) is 4.74 Å². The SMILES string of the molecule is CCCCCCCOCc1ccc(CNCCC)s1. The summed E-state index contributed by atoms with van der Waals surface area (Å²) in [5.74, 6) is 0. The van der Waals surface area contributed by atoms with Gasteiger partial charge in [-0.3, -0.25) is 0 Å². The van der Waals surface area contributed by atoms with Crippen molar-refractivity contribution >= 4 is 11.3 Å². The summed E-state index contributed by atoms with van der Waals surface area (Å²) in [7, 11) is 0. The molecule has 0 fully saturated rings. The first-order valence-electron chi connectivity index (χ1n) is 7.72. The van der Waals surface area contributed by atoms with Crippen molar-refractivity contribution in [2.24, 2.45) is 0 Å². The van der Waals surface area contributed by atoms with E-state index in [-0.39, 0.29) is 0 Å². The van der Waals surface area contributed by atoms with Crippen molar-refractivity contribution < 1.29 is 4.74 Å². The van der Waals surface area contributed by atoms with Crippen LogP contribution in [0.1, 0.15) is 62.1 Å². The Kier molecular flexibility index (Phi) is 10.0. The van der Waals surface area contributed by atoms with E-state index in [0.29, 0.717) is 0 Å². The third-order valence-corrected chi connectivity index (χ3v) is 4.14. The molecule has 19 heavy (non-hydrogen) atoms. The highest BCUT2D eigenvalue weighted by Crippen LogP contribution is 2.17. The van der Waals surface area contributed by atoms with Crippen molar-refractivity contribution in [2.75, 3.05) is 13.2 Å². The summed E-state index contributed by atoms with van der Waals surface area (Å²) in [6, 6.07) is 4.41. The summed E-state index contributed by atoms with van der Waals surface area (Å²) in [5, 5.41) is 3.43. The van der Waals surface area contributed by atoms with Crippen LogP contribution in [0, 0.1) is 0 Å². The lowest BCUT2D eigenvalue weighted by Crippen LogP contribution is -2.12. The van der Waals surface area contributed by atoms with Crippen LogP contribution in [0.25, 0.3) is 0 Å². The van der Waals surface area contributed by atoms with Crippen molar-refractivity contribution in [2.45, 2.75) is 65.5 Å². The van der Waals surface area contributed by atoms with E-state index in [2.05, 4.69) is 31.3 Å². The van der Waals surface area contributed by atoms with Crippen molar-refractivity contribution in [1.29, 1.82) is 0 Å². The van der Waals surface area contributed by atoms with Crippen molar-refractivity contribution in [3.05, 3.63) is 21.9 Å². The van der Waals surface area contributed by atoms with Crippen LogP contribution in [0.3, 0.4) is 0 Å². The van der Waals surface area contributed by atoms with E-state index >= 15 is 0 Å². The zero-order valence-electron chi connectivity index (χ0n) is 12.5. The summed E-state index contributed by atoms with van der Waals surface area (Å²) in [4.78, 5) is 2.76. The Bertz CT molecular complexity index is 311. The van der Waals surface area contributed by atoms with Crippen LogP contribution in [0.2, 0.25) is 0 Å². The summed E-state index contributed by atoms with van der Waals surface area (Å²) < 4.78 is 5.73.